The minimum atomic E-state index is -0.0293. The maximum atomic E-state index is 9.46. The van der Waals surface area contributed by atoms with Crippen molar-refractivity contribution in [1.29, 1.82) is 0 Å². The maximum absolute atomic E-state index is 9.46. The number of hydrogen-bond acceptors (Lipinski definition) is 3. The van der Waals surface area contributed by atoms with Gasteiger partial charge in [0.05, 0.1) is 12.3 Å². The van der Waals surface area contributed by atoms with E-state index in [0.717, 1.165) is 16.8 Å². The van der Waals surface area contributed by atoms with Crippen molar-refractivity contribution in [3.63, 3.8) is 0 Å². The van der Waals surface area contributed by atoms with E-state index in [9.17, 15) is 5.11 Å². The lowest BCUT2D eigenvalue weighted by Crippen LogP contribution is -2.00. The predicted octanol–water partition coefficient (Wildman–Crippen LogP) is 4.35. The third-order valence-corrected chi connectivity index (χ3v) is 3.06. The van der Waals surface area contributed by atoms with Crippen LogP contribution in [-0.2, 0) is 6.61 Å². The Labute approximate surface area is 109 Å². The van der Waals surface area contributed by atoms with E-state index in [4.69, 9.17) is 0 Å². The normalized spacial score (nSPS) is 17.8. The number of rotatable bonds is 3. The van der Waals surface area contributed by atoms with Crippen molar-refractivity contribution >= 4 is 0 Å². The molecule has 2 rings (SSSR count). The van der Waals surface area contributed by atoms with Gasteiger partial charge < -0.3 is 5.11 Å². The van der Waals surface area contributed by atoms with Crippen LogP contribution in [0.3, 0.4) is 0 Å². The molecule has 3 heteroatoms. The van der Waals surface area contributed by atoms with E-state index in [1.807, 2.05) is 13.0 Å². The topological polar surface area (TPSA) is 45.0 Å². The van der Waals surface area contributed by atoms with Gasteiger partial charge in [-0.2, -0.15) is 10.2 Å². The summed E-state index contributed by atoms with van der Waals surface area (Å²) in [5.74, 6) is 0.469. The average molecular weight is 246 g/mol. The number of azo groups is 1. The Balaban J connectivity index is 0.00000162. The molecule has 0 fully saturated rings. The van der Waals surface area contributed by atoms with Crippen molar-refractivity contribution in [3.8, 4) is 0 Å². The van der Waals surface area contributed by atoms with E-state index < -0.39 is 0 Å². The van der Waals surface area contributed by atoms with Gasteiger partial charge in [0.1, 0.15) is 6.04 Å². The molecular weight excluding hydrogens is 224 g/mol. The Morgan fingerprint density at radius 1 is 1.33 bits per heavy atom. The molecular formula is C15H22N2O. The van der Waals surface area contributed by atoms with Gasteiger partial charge in [0.15, 0.2) is 0 Å². The van der Waals surface area contributed by atoms with Crippen LogP contribution in [0.1, 0.15) is 56.8 Å². The zero-order valence-corrected chi connectivity index (χ0v) is 10.5. The Morgan fingerprint density at radius 3 is 2.56 bits per heavy atom. The number of nitrogens with zero attached hydrogens (tertiary/aromatic N) is 2. The molecule has 1 aliphatic heterocycles. The van der Waals surface area contributed by atoms with Crippen LogP contribution in [0.4, 0.5) is 0 Å². The molecule has 98 valence electrons. The second kappa shape index (κ2) is 5.91. The van der Waals surface area contributed by atoms with Crippen molar-refractivity contribution in [2.45, 2.75) is 46.8 Å². The Bertz CT molecular complexity index is 475. The van der Waals surface area contributed by atoms with E-state index in [1.165, 1.54) is 5.56 Å². The Morgan fingerprint density at radius 2 is 2.06 bits per heavy atom. The van der Waals surface area contributed by atoms with Gasteiger partial charge in [-0.3, -0.25) is 0 Å². The van der Waals surface area contributed by atoms with Crippen LogP contribution in [0.25, 0.3) is 0 Å². The smallest absolute Gasteiger partial charge is 0.117 e. The second-order valence-corrected chi connectivity index (χ2v) is 4.74. The highest BCUT2D eigenvalue weighted by Crippen LogP contribution is 2.31. The number of allylic oxidation sites excluding steroid dienone is 1. The molecule has 1 aromatic rings. The minimum absolute atomic E-state index is 0. The first-order valence-corrected chi connectivity index (χ1v) is 5.94. The first-order valence-electron chi connectivity index (χ1n) is 5.94. The molecule has 18 heavy (non-hydrogen) atoms. The van der Waals surface area contributed by atoms with Gasteiger partial charge in [0.2, 0.25) is 0 Å². The first-order chi connectivity index (χ1) is 8.11. The van der Waals surface area contributed by atoms with Crippen LogP contribution < -0.4 is 0 Å². The SMILES string of the molecule is C.CC1=CC(c2ccc(C(C)C)cc2CO)N=N1. The van der Waals surface area contributed by atoms with Crippen LogP contribution >= 0.6 is 0 Å². The molecule has 3 nitrogen and oxygen atoms in total. The standard InChI is InChI=1S/C14H18N2O.CH4/c1-9(2)11-4-5-13(12(7-11)8-17)14-6-10(3)15-16-14;/h4-7,9,14,17H,8H2,1-3H3;1H4. The number of benzene rings is 1. The Hall–Kier alpha value is -1.48. The summed E-state index contributed by atoms with van der Waals surface area (Å²) in [6.45, 7) is 6.28. The zero-order chi connectivity index (χ0) is 12.4. The first kappa shape index (κ1) is 14.6. The fourth-order valence-corrected chi connectivity index (χ4v) is 2.01. The monoisotopic (exact) mass is 246 g/mol. The summed E-state index contributed by atoms with van der Waals surface area (Å²) in [5.41, 5.74) is 4.18. The highest BCUT2D eigenvalue weighted by atomic mass is 16.3. The quantitative estimate of drug-likeness (QED) is 0.846. The minimum Gasteiger partial charge on any atom is -0.392 e. The molecule has 1 atom stereocenters. The molecule has 0 spiro atoms. The summed E-state index contributed by atoms with van der Waals surface area (Å²) in [7, 11) is 0. The molecule has 0 amide bonds. The van der Waals surface area contributed by atoms with Gasteiger partial charge in [0, 0.05) is 0 Å². The molecule has 0 saturated heterocycles. The molecule has 0 aromatic heterocycles. The number of hydrogen-bond donors (Lipinski definition) is 1. The molecule has 1 N–H and O–H groups in total. The summed E-state index contributed by atoms with van der Waals surface area (Å²) in [6.07, 6.45) is 2.02. The number of aliphatic hydroxyl groups is 1. The molecule has 1 aromatic carbocycles. The van der Waals surface area contributed by atoms with Crippen LogP contribution in [0, 0.1) is 0 Å². The largest absolute Gasteiger partial charge is 0.392 e. The average Bonchev–Trinajstić information content (AvgIpc) is 2.74. The van der Waals surface area contributed by atoms with E-state index in [1.54, 1.807) is 0 Å². The van der Waals surface area contributed by atoms with E-state index >= 15 is 0 Å². The fourth-order valence-electron chi connectivity index (χ4n) is 2.01. The van der Waals surface area contributed by atoms with Gasteiger partial charge in [-0.05, 0) is 35.6 Å². The molecule has 1 unspecified atom stereocenters. The molecule has 1 heterocycles. The summed E-state index contributed by atoms with van der Waals surface area (Å²) >= 11 is 0. The summed E-state index contributed by atoms with van der Waals surface area (Å²) < 4.78 is 0. The maximum Gasteiger partial charge on any atom is 0.117 e. The van der Waals surface area contributed by atoms with Crippen LogP contribution in [0.2, 0.25) is 0 Å². The third-order valence-electron chi connectivity index (χ3n) is 3.06. The lowest BCUT2D eigenvalue weighted by molar-refractivity contribution is 0.280. The van der Waals surface area contributed by atoms with Crippen LogP contribution in [0.5, 0.6) is 0 Å². The van der Waals surface area contributed by atoms with E-state index in [0.29, 0.717) is 5.92 Å². The molecule has 0 bridgehead atoms. The molecule has 0 aliphatic carbocycles. The van der Waals surface area contributed by atoms with Crippen molar-refractivity contribution in [2.24, 2.45) is 10.2 Å². The number of aliphatic hydroxyl groups excluding tert-OH is 1. The van der Waals surface area contributed by atoms with Crippen LogP contribution in [0.15, 0.2) is 40.2 Å². The lowest BCUT2D eigenvalue weighted by atomic mass is 9.94. The zero-order valence-electron chi connectivity index (χ0n) is 10.5. The van der Waals surface area contributed by atoms with Gasteiger partial charge in [-0.25, -0.2) is 0 Å². The van der Waals surface area contributed by atoms with E-state index in [-0.39, 0.29) is 20.1 Å². The van der Waals surface area contributed by atoms with Gasteiger partial charge in [-0.15, -0.1) is 0 Å². The molecule has 0 radical (unpaired) electrons. The summed E-state index contributed by atoms with van der Waals surface area (Å²) in [5, 5.41) is 17.7. The Kier molecular flexibility index (Phi) is 4.79. The second-order valence-electron chi connectivity index (χ2n) is 4.74. The summed E-state index contributed by atoms with van der Waals surface area (Å²) in [4.78, 5) is 0. The van der Waals surface area contributed by atoms with Gasteiger partial charge in [0.25, 0.3) is 0 Å². The molecule has 1 aliphatic rings. The fraction of sp³-hybridized carbons (Fsp3) is 0.467. The van der Waals surface area contributed by atoms with Gasteiger partial charge in [-0.1, -0.05) is 39.5 Å². The highest BCUT2D eigenvalue weighted by molar-refractivity contribution is 5.38. The lowest BCUT2D eigenvalue weighted by Gasteiger charge is -2.13. The van der Waals surface area contributed by atoms with E-state index in [2.05, 4.69) is 42.3 Å². The third kappa shape index (κ3) is 2.85. The van der Waals surface area contributed by atoms with Crippen molar-refractivity contribution < 1.29 is 5.11 Å². The van der Waals surface area contributed by atoms with Gasteiger partial charge >= 0.3 is 0 Å². The van der Waals surface area contributed by atoms with Crippen molar-refractivity contribution in [2.75, 3.05) is 0 Å². The molecule has 0 saturated carbocycles. The van der Waals surface area contributed by atoms with Crippen LogP contribution in [-0.4, -0.2) is 5.11 Å². The highest BCUT2D eigenvalue weighted by Gasteiger charge is 2.16. The predicted molar refractivity (Wildman–Crippen MR) is 74.5 cm³/mol. The van der Waals surface area contributed by atoms with Crippen molar-refractivity contribution in [3.05, 3.63) is 46.7 Å². The summed E-state index contributed by atoms with van der Waals surface area (Å²) in [6, 6.07) is 6.20. The van der Waals surface area contributed by atoms with Crippen molar-refractivity contribution in [1.82, 2.24) is 0 Å².